The molecule has 0 spiro atoms. The van der Waals surface area contributed by atoms with Crippen molar-refractivity contribution >= 4 is 17.7 Å². The van der Waals surface area contributed by atoms with Crippen molar-refractivity contribution in [2.75, 3.05) is 44.9 Å². The second kappa shape index (κ2) is 8.92. The molecule has 0 amide bonds. The lowest BCUT2D eigenvalue weighted by molar-refractivity contribution is 0.308. The van der Waals surface area contributed by atoms with Gasteiger partial charge in [-0.25, -0.2) is 0 Å². The van der Waals surface area contributed by atoms with E-state index in [0.717, 1.165) is 25.3 Å². The number of anilines is 1. The van der Waals surface area contributed by atoms with Crippen LogP contribution < -0.4 is 10.1 Å². The second-order valence-electron chi connectivity index (χ2n) is 4.24. The van der Waals surface area contributed by atoms with E-state index in [9.17, 15) is 0 Å². The monoisotopic (exact) mass is 285 g/mol. The van der Waals surface area contributed by atoms with Crippen LogP contribution in [0.25, 0.3) is 0 Å². The first-order chi connectivity index (χ1) is 9.15. The molecule has 6 nitrogen and oxygen atoms in total. The summed E-state index contributed by atoms with van der Waals surface area (Å²) in [7, 11) is 4.10. The van der Waals surface area contributed by atoms with Crippen molar-refractivity contribution in [2.24, 2.45) is 0 Å². The second-order valence-corrected chi connectivity index (χ2v) is 5.30. The van der Waals surface area contributed by atoms with Crippen molar-refractivity contribution in [1.29, 1.82) is 0 Å². The van der Waals surface area contributed by atoms with Gasteiger partial charge in [-0.05, 0) is 27.4 Å². The molecule has 0 aliphatic carbocycles. The molecular weight excluding hydrogens is 262 g/mol. The SMILES string of the molecule is CCCNc1nc(OCC)nc(SCCN(C)C)n1. The van der Waals surface area contributed by atoms with Crippen LogP contribution in [0.5, 0.6) is 6.01 Å². The highest BCUT2D eigenvalue weighted by molar-refractivity contribution is 7.99. The molecular formula is C12H23N5OS. The van der Waals surface area contributed by atoms with E-state index in [2.05, 4.69) is 32.1 Å². The highest BCUT2D eigenvalue weighted by Crippen LogP contribution is 2.17. The quantitative estimate of drug-likeness (QED) is 0.693. The van der Waals surface area contributed by atoms with Gasteiger partial charge in [-0.2, -0.15) is 15.0 Å². The molecule has 1 aromatic heterocycles. The number of nitrogens with one attached hydrogen (secondary N) is 1. The van der Waals surface area contributed by atoms with Gasteiger partial charge >= 0.3 is 6.01 Å². The zero-order chi connectivity index (χ0) is 14.1. The van der Waals surface area contributed by atoms with Crippen molar-refractivity contribution in [3.8, 4) is 6.01 Å². The van der Waals surface area contributed by atoms with Crippen molar-refractivity contribution in [2.45, 2.75) is 25.4 Å². The number of ether oxygens (including phenoxy) is 1. The minimum atomic E-state index is 0.392. The lowest BCUT2D eigenvalue weighted by atomic mass is 10.5. The molecule has 0 aliphatic heterocycles. The van der Waals surface area contributed by atoms with Crippen molar-refractivity contribution in [3.05, 3.63) is 0 Å². The normalized spacial score (nSPS) is 10.8. The van der Waals surface area contributed by atoms with Gasteiger partial charge in [0.25, 0.3) is 0 Å². The van der Waals surface area contributed by atoms with Crippen molar-refractivity contribution in [3.63, 3.8) is 0 Å². The molecule has 0 bridgehead atoms. The Kier molecular flexibility index (Phi) is 7.50. The fourth-order valence-corrected chi connectivity index (χ4v) is 2.16. The molecule has 1 heterocycles. The zero-order valence-electron chi connectivity index (χ0n) is 12.1. The molecule has 108 valence electrons. The molecule has 1 aromatic rings. The van der Waals surface area contributed by atoms with Crippen LogP contribution in [0.3, 0.4) is 0 Å². The average molecular weight is 285 g/mol. The van der Waals surface area contributed by atoms with Gasteiger partial charge in [0.2, 0.25) is 5.95 Å². The Morgan fingerprint density at radius 3 is 2.63 bits per heavy atom. The van der Waals surface area contributed by atoms with E-state index in [4.69, 9.17) is 4.74 Å². The maximum absolute atomic E-state index is 5.37. The maximum Gasteiger partial charge on any atom is 0.322 e. The molecule has 0 saturated carbocycles. The number of hydrogen-bond acceptors (Lipinski definition) is 7. The predicted octanol–water partition coefficient (Wildman–Crippen LogP) is 1.75. The van der Waals surface area contributed by atoms with Crippen molar-refractivity contribution < 1.29 is 4.74 Å². The number of rotatable bonds is 9. The first kappa shape index (κ1) is 16.0. The molecule has 0 saturated heterocycles. The summed E-state index contributed by atoms with van der Waals surface area (Å²) in [5, 5.41) is 3.87. The number of aromatic nitrogens is 3. The van der Waals surface area contributed by atoms with E-state index in [1.165, 1.54) is 0 Å². The zero-order valence-corrected chi connectivity index (χ0v) is 13.0. The van der Waals surface area contributed by atoms with E-state index in [1.54, 1.807) is 11.8 Å². The Hall–Kier alpha value is -1.08. The molecule has 0 unspecified atom stereocenters. The Balaban J connectivity index is 2.68. The Bertz CT molecular complexity index is 375. The molecule has 1 N–H and O–H groups in total. The van der Waals surface area contributed by atoms with Crippen LogP contribution in [0.2, 0.25) is 0 Å². The summed E-state index contributed by atoms with van der Waals surface area (Å²) in [5.41, 5.74) is 0. The number of hydrogen-bond donors (Lipinski definition) is 1. The lowest BCUT2D eigenvalue weighted by Crippen LogP contribution is -2.15. The molecule has 1 rings (SSSR count). The molecule has 0 atom stereocenters. The van der Waals surface area contributed by atoms with E-state index in [0.29, 0.717) is 23.7 Å². The van der Waals surface area contributed by atoms with Gasteiger partial charge in [-0.1, -0.05) is 18.7 Å². The highest BCUT2D eigenvalue weighted by Gasteiger charge is 2.07. The number of thioether (sulfide) groups is 1. The molecule has 0 aliphatic rings. The summed E-state index contributed by atoms with van der Waals surface area (Å²) in [6.45, 7) is 6.40. The first-order valence-electron chi connectivity index (χ1n) is 6.56. The fourth-order valence-electron chi connectivity index (χ4n) is 1.23. The van der Waals surface area contributed by atoms with Gasteiger partial charge in [0.15, 0.2) is 5.16 Å². The van der Waals surface area contributed by atoms with Crippen LogP contribution in [0, 0.1) is 0 Å². The molecule has 0 aromatic carbocycles. The van der Waals surface area contributed by atoms with Crippen LogP contribution in [0.1, 0.15) is 20.3 Å². The van der Waals surface area contributed by atoms with Gasteiger partial charge in [0, 0.05) is 18.8 Å². The van der Waals surface area contributed by atoms with Crippen LogP contribution in [-0.2, 0) is 0 Å². The summed E-state index contributed by atoms with van der Waals surface area (Å²) in [6.07, 6.45) is 1.03. The molecule has 0 fully saturated rings. The van der Waals surface area contributed by atoms with Crippen LogP contribution in [0.4, 0.5) is 5.95 Å². The van der Waals surface area contributed by atoms with E-state index in [1.807, 2.05) is 21.0 Å². The molecule has 19 heavy (non-hydrogen) atoms. The van der Waals surface area contributed by atoms with Crippen molar-refractivity contribution in [1.82, 2.24) is 19.9 Å². The first-order valence-corrected chi connectivity index (χ1v) is 7.54. The summed E-state index contributed by atoms with van der Waals surface area (Å²) < 4.78 is 5.37. The fraction of sp³-hybridized carbons (Fsp3) is 0.750. The lowest BCUT2D eigenvalue weighted by Gasteiger charge is -2.10. The van der Waals surface area contributed by atoms with E-state index < -0.39 is 0 Å². The molecule has 0 radical (unpaired) electrons. The van der Waals surface area contributed by atoms with Gasteiger partial charge in [-0.15, -0.1) is 0 Å². The van der Waals surface area contributed by atoms with Gasteiger partial charge < -0.3 is 15.0 Å². The maximum atomic E-state index is 5.37. The van der Waals surface area contributed by atoms with Gasteiger partial charge in [-0.3, -0.25) is 0 Å². The summed E-state index contributed by atoms with van der Waals surface area (Å²) in [4.78, 5) is 15.0. The van der Waals surface area contributed by atoms with E-state index in [-0.39, 0.29) is 0 Å². The van der Waals surface area contributed by atoms with Crippen LogP contribution in [0.15, 0.2) is 5.16 Å². The summed E-state index contributed by atoms with van der Waals surface area (Å²) >= 11 is 1.61. The third-order valence-corrected chi connectivity index (χ3v) is 3.00. The highest BCUT2D eigenvalue weighted by atomic mass is 32.2. The average Bonchev–Trinajstić information content (AvgIpc) is 2.36. The van der Waals surface area contributed by atoms with Crippen LogP contribution >= 0.6 is 11.8 Å². The summed E-state index contributed by atoms with van der Waals surface area (Å²) in [6, 6.07) is 0.392. The predicted molar refractivity (Wildman–Crippen MR) is 79.1 cm³/mol. The minimum Gasteiger partial charge on any atom is -0.464 e. The van der Waals surface area contributed by atoms with Crippen LogP contribution in [-0.4, -0.2) is 59.4 Å². The molecule has 7 heteroatoms. The Labute approximate surface area is 119 Å². The van der Waals surface area contributed by atoms with Gasteiger partial charge in [0.05, 0.1) is 6.61 Å². The van der Waals surface area contributed by atoms with E-state index >= 15 is 0 Å². The Morgan fingerprint density at radius 2 is 2.00 bits per heavy atom. The third kappa shape index (κ3) is 6.58. The minimum absolute atomic E-state index is 0.392. The summed E-state index contributed by atoms with van der Waals surface area (Å²) in [5.74, 6) is 1.53. The Morgan fingerprint density at radius 1 is 1.21 bits per heavy atom. The third-order valence-electron chi connectivity index (χ3n) is 2.17. The topological polar surface area (TPSA) is 63.2 Å². The smallest absolute Gasteiger partial charge is 0.322 e. The van der Waals surface area contributed by atoms with Gasteiger partial charge in [0.1, 0.15) is 0 Å². The number of nitrogens with zero attached hydrogens (tertiary/aromatic N) is 4. The standard InChI is InChI=1S/C12H23N5OS/c1-5-7-13-10-14-11(18-6-2)16-12(15-10)19-9-8-17(3)4/h5-9H2,1-4H3,(H,13,14,15,16). The largest absolute Gasteiger partial charge is 0.464 e.